The Bertz CT molecular complexity index is 683. The van der Waals surface area contributed by atoms with Crippen LogP contribution in [-0.2, 0) is 11.3 Å². The SMILES string of the molecule is Cc1ccnc(N2CCC[C@H](C(=O)NCc3ccc(C)o3)C2)n1. The van der Waals surface area contributed by atoms with Gasteiger partial charge in [0, 0.05) is 25.0 Å². The van der Waals surface area contributed by atoms with Gasteiger partial charge in [-0.3, -0.25) is 4.79 Å². The molecule has 2 aromatic rings. The molecule has 0 aliphatic carbocycles. The zero-order valence-corrected chi connectivity index (χ0v) is 13.6. The second-order valence-electron chi connectivity index (χ2n) is 6.01. The van der Waals surface area contributed by atoms with E-state index in [2.05, 4.69) is 20.2 Å². The van der Waals surface area contributed by atoms with Gasteiger partial charge in [0.15, 0.2) is 0 Å². The Morgan fingerprint density at radius 2 is 2.26 bits per heavy atom. The lowest BCUT2D eigenvalue weighted by atomic mass is 9.97. The van der Waals surface area contributed by atoms with Crippen LogP contribution in [-0.4, -0.2) is 29.0 Å². The number of anilines is 1. The summed E-state index contributed by atoms with van der Waals surface area (Å²) in [6.45, 7) is 5.83. The first-order valence-corrected chi connectivity index (χ1v) is 7.99. The molecule has 1 amide bonds. The predicted octanol–water partition coefficient (Wildman–Crippen LogP) is 2.22. The summed E-state index contributed by atoms with van der Waals surface area (Å²) >= 11 is 0. The minimum Gasteiger partial charge on any atom is -0.465 e. The third-order valence-corrected chi connectivity index (χ3v) is 4.09. The molecule has 6 heteroatoms. The van der Waals surface area contributed by atoms with Crippen molar-refractivity contribution < 1.29 is 9.21 Å². The number of carbonyl (C=O) groups excluding carboxylic acids is 1. The average molecular weight is 314 g/mol. The summed E-state index contributed by atoms with van der Waals surface area (Å²) in [5.74, 6) is 2.38. The van der Waals surface area contributed by atoms with E-state index in [4.69, 9.17) is 4.42 Å². The van der Waals surface area contributed by atoms with Crippen molar-refractivity contribution in [2.24, 2.45) is 5.92 Å². The number of aromatic nitrogens is 2. The fraction of sp³-hybridized carbons (Fsp3) is 0.471. The summed E-state index contributed by atoms with van der Waals surface area (Å²) in [7, 11) is 0. The molecule has 0 unspecified atom stereocenters. The molecule has 1 saturated heterocycles. The van der Waals surface area contributed by atoms with Crippen LogP contribution in [0.5, 0.6) is 0 Å². The highest BCUT2D eigenvalue weighted by atomic mass is 16.3. The molecule has 122 valence electrons. The molecule has 1 atom stereocenters. The number of hydrogen-bond donors (Lipinski definition) is 1. The Morgan fingerprint density at radius 3 is 3.00 bits per heavy atom. The van der Waals surface area contributed by atoms with Crippen LogP contribution < -0.4 is 10.2 Å². The fourth-order valence-electron chi connectivity index (χ4n) is 2.86. The van der Waals surface area contributed by atoms with E-state index in [0.717, 1.165) is 36.6 Å². The molecule has 2 aromatic heterocycles. The van der Waals surface area contributed by atoms with E-state index in [-0.39, 0.29) is 11.8 Å². The number of rotatable bonds is 4. The van der Waals surface area contributed by atoms with E-state index in [9.17, 15) is 4.79 Å². The molecule has 0 saturated carbocycles. The van der Waals surface area contributed by atoms with Gasteiger partial charge in [-0.25, -0.2) is 9.97 Å². The van der Waals surface area contributed by atoms with Gasteiger partial charge in [0.2, 0.25) is 11.9 Å². The lowest BCUT2D eigenvalue weighted by molar-refractivity contribution is -0.125. The maximum absolute atomic E-state index is 12.4. The molecule has 23 heavy (non-hydrogen) atoms. The van der Waals surface area contributed by atoms with Gasteiger partial charge >= 0.3 is 0 Å². The van der Waals surface area contributed by atoms with Crippen molar-refractivity contribution in [2.75, 3.05) is 18.0 Å². The fourth-order valence-corrected chi connectivity index (χ4v) is 2.86. The highest BCUT2D eigenvalue weighted by molar-refractivity contribution is 5.79. The first-order chi connectivity index (χ1) is 11.1. The highest BCUT2D eigenvalue weighted by Gasteiger charge is 2.27. The largest absolute Gasteiger partial charge is 0.465 e. The van der Waals surface area contributed by atoms with Crippen molar-refractivity contribution in [3.63, 3.8) is 0 Å². The lowest BCUT2D eigenvalue weighted by Gasteiger charge is -2.32. The number of hydrogen-bond acceptors (Lipinski definition) is 5. The molecule has 1 N–H and O–H groups in total. The van der Waals surface area contributed by atoms with Gasteiger partial charge in [-0.2, -0.15) is 0 Å². The Labute approximate surface area is 135 Å². The van der Waals surface area contributed by atoms with Crippen LogP contribution >= 0.6 is 0 Å². The lowest BCUT2D eigenvalue weighted by Crippen LogP contribution is -2.43. The van der Waals surface area contributed by atoms with Gasteiger partial charge in [0.25, 0.3) is 0 Å². The van der Waals surface area contributed by atoms with Crippen molar-refractivity contribution in [3.8, 4) is 0 Å². The molecular formula is C17H22N4O2. The zero-order valence-electron chi connectivity index (χ0n) is 13.6. The smallest absolute Gasteiger partial charge is 0.225 e. The van der Waals surface area contributed by atoms with Gasteiger partial charge in [-0.15, -0.1) is 0 Å². The maximum atomic E-state index is 12.4. The summed E-state index contributed by atoms with van der Waals surface area (Å²) in [6.07, 6.45) is 3.63. The third kappa shape index (κ3) is 3.88. The standard InChI is InChI=1S/C17H22N4O2/c1-12-7-8-18-17(20-12)21-9-3-4-14(11-21)16(22)19-10-15-6-5-13(2)23-15/h5-8,14H,3-4,9-11H2,1-2H3,(H,19,22)/t14-/m0/s1. The first kappa shape index (κ1) is 15.5. The monoisotopic (exact) mass is 314 g/mol. The van der Waals surface area contributed by atoms with Gasteiger partial charge in [0.1, 0.15) is 11.5 Å². The maximum Gasteiger partial charge on any atom is 0.225 e. The number of carbonyl (C=O) groups is 1. The van der Waals surface area contributed by atoms with Crippen molar-refractivity contribution in [1.82, 2.24) is 15.3 Å². The average Bonchev–Trinajstić information content (AvgIpc) is 2.98. The zero-order chi connectivity index (χ0) is 16.2. The Balaban J connectivity index is 1.58. The Morgan fingerprint density at radius 1 is 1.39 bits per heavy atom. The van der Waals surface area contributed by atoms with E-state index in [0.29, 0.717) is 19.0 Å². The van der Waals surface area contributed by atoms with Gasteiger partial charge in [-0.05, 0) is 44.9 Å². The van der Waals surface area contributed by atoms with Crippen LogP contribution in [0.3, 0.4) is 0 Å². The molecule has 0 radical (unpaired) electrons. The van der Waals surface area contributed by atoms with Crippen molar-refractivity contribution in [3.05, 3.63) is 41.6 Å². The van der Waals surface area contributed by atoms with Gasteiger partial charge < -0.3 is 14.6 Å². The Kier molecular flexibility index (Phi) is 4.60. The highest BCUT2D eigenvalue weighted by Crippen LogP contribution is 2.20. The summed E-state index contributed by atoms with van der Waals surface area (Å²) < 4.78 is 5.48. The van der Waals surface area contributed by atoms with Crippen molar-refractivity contribution in [1.29, 1.82) is 0 Å². The first-order valence-electron chi connectivity index (χ1n) is 7.99. The number of furan rings is 1. The number of aryl methyl sites for hydroxylation is 2. The molecule has 3 heterocycles. The molecule has 1 fully saturated rings. The number of nitrogens with one attached hydrogen (secondary N) is 1. The number of piperidine rings is 1. The van der Waals surface area contributed by atoms with E-state index in [1.54, 1.807) is 6.20 Å². The predicted molar refractivity (Wildman–Crippen MR) is 87.0 cm³/mol. The summed E-state index contributed by atoms with van der Waals surface area (Å²) in [5.41, 5.74) is 0.940. The topological polar surface area (TPSA) is 71.3 Å². The van der Waals surface area contributed by atoms with Crippen molar-refractivity contribution >= 4 is 11.9 Å². The minimum atomic E-state index is -0.0380. The second kappa shape index (κ2) is 6.81. The molecule has 0 aromatic carbocycles. The third-order valence-electron chi connectivity index (χ3n) is 4.09. The van der Waals surface area contributed by atoms with Crippen LogP contribution in [0.1, 0.15) is 30.1 Å². The van der Waals surface area contributed by atoms with Crippen LogP contribution in [0, 0.1) is 19.8 Å². The number of amides is 1. The molecule has 3 rings (SSSR count). The van der Waals surface area contributed by atoms with Crippen LogP contribution in [0.25, 0.3) is 0 Å². The van der Waals surface area contributed by atoms with Gasteiger partial charge in [-0.1, -0.05) is 0 Å². The molecule has 0 bridgehead atoms. The molecule has 1 aliphatic heterocycles. The molecule has 6 nitrogen and oxygen atoms in total. The van der Waals surface area contributed by atoms with Crippen LogP contribution in [0.15, 0.2) is 28.8 Å². The van der Waals surface area contributed by atoms with E-state index < -0.39 is 0 Å². The summed E-state index contributed by atoms with van der Waals surface area (Å²) in [6, 6.07) is 5.67. The van der Waals surface area contributed by atoms with Gasteiger partial charge in [0.05, 0.1) is 12.5 Å². The molecule has 0 spiro atoms. The molecule has 1 aliphatic rings. The normalized spacial score (nSPS) is 18.0. The minimum absolute atomic E-state index is 0.0380. The van der Waals surface area contributed by atoms with E-state index in [1.165, 1.54) is 0 Å². The quantitative estimate of drug-likeness (QED) is 0.937. The van der Waals surface area contributed by atoms with Crippen molar-refractivity contribution in [2.45, 2.75) is 33.2 Å². The van der Waals surface area contributed by atoms with E-state index >= 15 is 0 Å². The van der Waals surface area contributed by atoms with Crippen LogP contribution in [0.4, 0.5) is 5.95 Å². The van der Waals surface area contributed by atoms with Crippen LogP contribution in [0.2, 0.25) is 0 Å². The summed E-state index contributed by atoms with van der Waals surface area (Å²) in [4.78, 5) is 23.3. The van der Waals surface area contributed by atoms with E-state index in [1.807, 2.05) is 32.0 Å². The molecular weight excluding hydrogens is 292 g/mol. The summed E-state index contributed by atoms with van der Waals surface area (Å²) in [5, 5.41) is 2.97. The number of nitrogens with zero attached hydrogens (tertiary/aromatic N) is 3. The second-order valence-corrected chi connectivity index (χ2v) is 6.01. The Hall–Kier alpha value is -2.37.